The Morgan fingerprint density at radius 1 is 1.14 bits per heavy atom. The van der Waals surface area contributed by atoms with E-state index in [0.717, 1.165) is 12.8 Å². The van der Waals surface area contributed by atoms with E-state index in [-0.39, 0.29) is 4.90 Å². The third-order valence-electron chi connectivity index (χ3n) is 3.82. The van der Waals surface area contributed by atoms with Crippen molar-refractivity contribution in [2.24, 2.45) is 0 Å². The van der Waals surface area contributed by atoms with Crippen LogP contribution in [-0.2, 0) is 10.0 Å². The predicted molar refractivity (Wildman–Crippen MR) is 75.5 cm³/mol. The summed E-state index contributed by atoms with van der Waals surface area (Å²) in [5.74, 6) is 1.13. The molecule has 0 bridgehead atoms. The molecule has 0 spiro atoms. The van der Waals surface area contributed by atoms with Crippen molar-refractivity contribution in [2.75, 3.05) is 6.54 Å². The molecule has 0 saturated carbocycles. The van der Waals surface area contributed by atoms with Crippen LogP contribution in [0.4, 0.5) is 0 Å². The summed E-state index contributed by atoms with van der Waals surface area (Å²) in [6, 6.07) is -0.436. The van der Waals surface area contributed by atoms with Crippen molar-refractivity contribution < 1.29 is 17.5 Å². The molecule has 2 aromatic rings. The van der Waals surface area contributed by atoms with Gasteiger partial charge in [0, 0.05) is 6.54 Å². The molecule has 120 valence electrons. The smallest absolute Gasteiger partial charge is 0.249 e. The van der Waals surface area contributed by atoms with Crippen LogP contribution < -0.4 is 0 Å². The first-order valence-electron chi connectivity index (χ1n) is 7.16. The highest BCUT2D eigenvalue weighted by atomic mass is 32.2. The third-order valence-corrected chi connectivity index (χ3v) is 5.97. The maximum absolute atomic E-state index is 13.0. The zero-order chi connectivity index (χ0) is 15.9. The second-order valence-corrected chi connectivity index (χ2v) is 7.29. The first-order valence-corrected chi connectivity index (χ1v) is 8.60. The van der Waals surface area contributed by atoms with Crippen molar-refractivity contribution in [2.45, 2.75) is 51.0 Å². The Morgan fingerprint density at radius 3 is 2.50 bits per heavy atom. The summed E-state index contributed by atoms with van der Waals surface area (Å²) in [7, 11) is -3.72. The number of aromatic nitrogens is 3. The number of rotatable bonds is 3. The van der Waals surface area contributed by atoms with E-state index in [9.17, 15) is 8.42 Å². The van der Waals surface area contributed by atoms with E-state index in [1.165, 1.54) is 4.31 Å². The average Bonchev–Trinajstić information content (AvgIpc) is 3.05. The second kappa shape index (κ2) is 5.47. The molecule has 0 radical (unpaired) electrons. The van der Waals surface area contributed by atoms with Crippen molar-refractivity contribution in [3.63, 3.8) is 0 Å². The minimum atomic E-state index is -3.72. The van der Waals surface area contributed by atoms with E-state index in [0.29, 0.717) is 36.1 Å². The molecule has 8 nitrogen and oxygen atoms in total. The number of hydrogen-bond acceptors (Lipinski definition) is 7. The van der Waals surface area contributed by atoms with Gasteiger partial charge in [0.25, 0.3) is 0 Å². The van der Waals surface area contributed by atoms with Crippen LogP contribution in [0.1, 0.15) is 48.5 Å². The lowest BCUT2D eigenvalue weighted by atomic mass is 10.1. The van der Waals surface area contributed by atoms with Gasteiger partial charge >= 0.3 is 0 Å². The minimum Gasteiger partial charge on any atom is -0.360 e. The fourth-order valence-corrected chi connectivity index (χ4v) is 4.79. The van der Waals surface area contributed by atoms with Crippen LogP contribution in [0, 0.1) is 20.8 Å². The van der Waals surface area contributed by atoms with Gasteiger partial charge in [0.15, 0.2) is 11.6 Å². The van der Waals surface area contributed by atoms with Gasteiger partial charge in [-0.05, 0) is 33.6 Å². The fourth-order valence-electron chi connectivity index (χ4n) is 2.85. The first kappa shape index (κ1) is 15.2. The zero-order valence-electron chi connectivity index (χ0n) is 12.7. The van der Waals surface area contributed by atoms with Gasteiger partial charge in [-0.15, -0.1) is 0 Å². The number of nitrogens with zero attached hydrogens (tertiary/aromatic N) is 4. The summed E-state index contributed by atoms with van der Waals surface area (Å²) in [5, 5.41) is 7.51. The molecule has 1 aliphatic rings. The maximum atomic E-state index is 13.0. The molecule has 3 heterocycles. The van der Waals surface area contributed by atoms with Crippen molar-refractivity contribution in [1.29, 1.82) is 0 Å². The Bertz CT molecular complexity index is 760. The van der Waals surface area contributed by atoms with Gasteiger partial charge in [0.05, 0.1) is 0 Å². The van der Waals surface area contributed by atoms with Crippen LogP contribution in [0.15, 0.2) is 13.9 Å². The average molecular weight is 326 g/mol. The lowest BCUT2D eigenvalue weighted by Gasteiger charge is -2.32. The molecule has 1 atom stereocenters. The topological polar surface area (TPSA) is 102 Å². The van der Waals surface area contributed by atoms with E-state index < -0.39 is 16.1 Å². The zero-order valence-corrected chi connectivity index (χ0v) is 13.6. The molecular weight excluding hydrogens is 308 g/mol. The summed E-state index contributed by atoms with van der Waals surface area (Å²) >= 11 is 0. The number of sulfonamides is 1. The van der Waals surface area contributed by atoms with E-state index in [1.807, 2.05) is 0 Å². The molecule has 2 aromatic heterocycles. The van der Waals surface area contributed by atoms with Crippen LogP contribution >= 0.6 is 0 Å². The van der Waals surface area contributed by atoms with E-state index >= 15 is 0 Å². The molecule has 1 saturated heterocycles. The van der Waals surface area contributed by atoms with Crippen molar-refractivity contribution >= 4 is 10.0 Å². The summed E-state index contributed by atoms with van der Waals surface area (Å²) in [6.07, 6.45) is 2.37. The van der Waals surface area contributed by atoms with Gasteiger partial charge in [0.2, 0.25) is 15.9 Å². The minimum absolute atomic E-state index is 0.135. The summed E-state index contributed by atoms with van der Waals surface area (Å²) in [4.78, 5) is 4.34. The second-order valence-electron chi connectivity index (χ2n) is 5.46. The van der Waals surface area contributed by atoms with Gasteiger partial charge in [-0.25, -0.2) is 8.42 Å². The predicted octanol–water partition coefficient (Wildman–Crippen LogP) is 1.90. The molecule has 0 N–H and O–H groups in total. The highest BCUT2D eigenvalue weighted by Gasteiger charge is 2.40. The summed E-state index contributed by atoms with van der Waals surface area (Å²) < 4.78 is 37.7. The lowest BCUT2D eigenvalue weighted by molar-refractivity contribution is 0.204. The van der Waals surface area contributed by atoms with Gasteiger partial charge in [0.1, 0.15) is 16.6 Å². The van der Waals surface area contributed by atoms with Crippen molar-refractivity contribution in [1.82, 2.24) is 19.6 Å². The molecule has 0 amide bonds. The van der Waals surface area contributed by atoms with Crippen LogP contribution in [0.3, 0.4) is 0 Å². The van der Waals surface area contributed by atoms with Crippen molar-refractivity contribution in [3.05, 3.63) is 23.2 Å². The molecule has 1 fully saturated rings. The summed E-state index contributed by atoms with van der Waals surface area (Å²) in [5.41, 5.74) is 0.364. The summed E-state index contributed by atoms with van der Waals surface area (Å²) in [6.45, 7) is 5.35. The Kier molecular flexibility index (Phi) is 3.77. The maximum Gasteiger partial charge on any atom is 0.249 e. The standard InChI is InChI=1S/C13H18N4O4S/c1-8-12(9(2)20-15-8)22(18,19)17-7-5-4-6-11(17)13-14-10(3)16-21-13/h11H,4-7H2,1-3H3/t11-/m1/s1. The number of piperidine rings is 1. The Hall–Kier alpha value is -1.74. The molecule has 1 aliphatic heterocycles. The van der Waals surface area contributed by atoms with Crippen LogP contribution in [0.5, 0.6) is 0 Å². The Morgan fingerprint density at radius 2 is 1.91 bits per heavy atom. The lowest BCUT2D eigenvalue weighted by Crippen LogP contribution is -2.39. The molecular formula is C13H18N4O4S. The van der Waals surface area contributed by atoms with E-state index in [2.05, 4.69) is 15.3 Å². The van der Waals surface area contributed by atoms with Crippen LogP contribution in [-0.4, -0.2) is 34.6 Å². The van der Waals surface area contributed by atoms with E-state index in [4.69, 9.17) is 9.05 Å². The quantitative estimate of drug-likeness (QED) is 0.848. The van der Waals surface area contributed by atoms with Gasteiger partial charge < -0.3 is 9.05 Å². The fraction of sp³-hybridized carbons (Fsp3) is 0.615. The van der Waals surface area contributed by atoms with Crippen LogP contribution in [0.2, 0.25) is 0 Å². The molecule has 3 rings (SSSR count). The number of hydrogen-bond donors (Lipinski definition) is 0. The molecule has 9 heteroatoms. The molecule has 0 aromatic carbocycles. The molecule has 0 unspecified atom stereocenters. The van der Waals surface area contributed by atoms with Gasteiger partial charge in [-0.3, -0.25) is 0 Å². The Labute approximate surface area is 128 Å². The first-order chi connectivity index (χ1) is 10.4. The van der Waals surface area contributed by atoms with Gasteiger partial charge in [-0.1, -0.05) is 16.7 Å². The largest absolute Gasteiger partial charge is 0.360 e. The van der Waals surface area contributed by atoms with Gasteiger partial charge in [-0.2, -0.15) is 9.29 Å². The monoisotopic (exact) mass is 326 g/mol. The highest BCUT2D eigenvalue weighted by Crippen LogP contribution is 2.36. The van der Waals surface area contributed by atoms with E-state index in [1.54, 1.807) is 20.8 Å². The molecule has 0 aliphatic carbocycles. The number of aryl methyl sites for hydroxylation is 3. The third kappa shape index (κ3) is 2.44. The Balaban J connectivity index is 2.04. The normalized spacial score (nSPS) is 20.4. The van der Waals surface area contributed by atoms with Crippen LogP contribution in [0.25, 0.3) is 0 Å². The van der Waals surface area contributed by atoms with Crippen molar-refractivity contribution in [3.8, 4) is 0 Å². The highest BCUT2D eigenvalue weighted by molar-refractivity contribution is 7.89. The molecule has 22 heavy (non-hydrogen) atoms. The SMILES string of the molecule is Cc1noc([C@H]2CCCCN2S(=O)(=O)c2c(C)noc2C)n1.